The average Bonchev–Trinajstić information content (AvgIpc) is 2.47. The van der Waals surface area contributed by atoms with Crippen molar-refractivity contribution in [1.82, 2.24) is 10.2 Å². The van der Waals surface area contributed by atoms with Crippen LogP contribution in [0.3, 0.4) is 0 Å². The summed E-state index contributed by atoms with van der Waals surface area (Å²) in [6, 6.07) is 15.3. The van der Waals surface area contributed by atoms with Crippen molar-refractivity contribution in [1.29, 1.82) is 0 Å². The van der Waals surface area contributed by atoms with Gasteiger partial charge >= 0.3 is 0 Å². The van der Waals surface area contributed by atoms with Crippen LogP contribution in [-0.4, -0.2) is 43.7 Å². The molecule has 0 spiro atoms. The first-order chi connectivity index (χ1) is 9.81. The van der Waals surface area contributed by atoms with Gasteiger partial charge in [0.2, 0.25) is 0 Å². The van der Waals surface area contributed by atoms with Crippen molar-refractivity contribution in [2.24, 2.45) is 0 Å². The Morgan fingerprint density at radius 2 is 2.05 bits per heavy atom. The molecule has 0 bridgehead atoms. The summed E-state index contributed by atoms with van der Waals surface area (Å²) in [4.78, 5) is 2.46. The second-order valence-corrected chi connectivity index (χ2v) is 5.51. The Hall–Kier alpha value is -1.58. The van der Waals surface area contributed by atoms with Crippen LogP contribution in [0.2, 0.25) is 0 Å². The summed E-state index contributed by atoms with van der Waals surface area (Å²) in [7, 11) is 0. The molecule has 0 radical (unpaired) electrons. The molecule has 0 amide bonds. The van der Waals surface area contributed by atoms with Crippen LogP contribution in [0.15, 0.2) is 42.5 Å². The summed E-state index contributed by atoms with van der Waals surface area (Å²) in [6.07, 6.45) is 0. The number of benzene rings is 2. The van der Waals surface area contributed by atoms with E-state index in [1.165, 1.54) is 10.8 Å². The average molecular weight is 270 g/mol. The number of ether oxygens (including phenoxy) is 1. The Morgan fingerprint density at radius 1 is 1.20 bits per heavy atom. The number of hydrogen-bond donors (Lipinski definition) is 1. The van der Waals surface area contributed by atoms with E-state index in [0.717, 1.165) is 38.5 Å². The minimum absolute atomic E-state index is 0.587. The summed E-state index contributed by atoms with van der Waals surface area (Å²) in [5.74, 6) is 0.965. The van der Waals surface area contributed by atoms with Crippen LogP contribution in [0.1, 0.15) is 6.92 Å². The maximum atomic E-state index is 5.89. The van der Waals surface area contributed by atoms with Gasteiger partial charge in [-0.15, -0.1) is 0 Å². The zero-order valence-electron chi connectivity index (χ0n) is 12.0. The maximum absolute atomic E-state index is 5.89. The number of fused-ring (bicyclic) bond motifs is 1. The minimum atomic E-state index is 0.587. The van der Waals surface area contributed by atoms with Gasteiger partial charge in [-0.3, -0.25) is 4.90 Å². The fourth-order valence-electron chi connectivity index (χ4n) is 2.77. The molecule has 0 saturated carbocycles. The lowest BCUT2D eigenvalue weighted by molar-refractivity contribution is 0.170. The molecule has 3 rings (SSSR count). The summed E-state index contributed by atoms with van der Waals surface area (Å²) < 4.78 is 5.89. The van der Waals surface area contributed by atoms with Crippen molar-refractivity contribution < 1.29 is 4.74 Å². The molecule has 2 aromatic rings. The third-order valence-corrected chi connectivity index (χ3v) is 3.85. The molecule has 1 unspecified atom stereocenters. The minimum Gasteiger partial charge on any atom is -0.492 e. The molecule has 1 N–H and O–H groups in total. The molecule has 20 heavy (non-hydrogen) atoms. The van der Waals surface area contributed by atoms with Crippen LogP contribution in [-0.2, 0) is 0 Å². The molecule has 3 nitrogen and oxygen atoms in total. The van der Waals surface area contributed by atoms with E-state index in [0.29, 0.717) is 6.04 Å². The smallest absolute Gasteiger partial charge is 0.120 e. The largest absolute Gasteiger partial charge is 0.492 e. The number of nitrogens with one attached hydrogen (secondary N) is 1. The highest BCUT2D eigenvalue weighted by atomic mass is 16.5. The molecule has 1 saturated heterocycles. The molecule has 3 heteroatoms. The van der Waals surface area contributed by atoms with E-state index in [2.05, 4.69) is 59.6 Å². The van der Waals surface area contributed by atoms with Gasteiger partial charge in [0.25, 0.3) is 0 Å². The normalized spacial score (nSPS) is 20.1. The lowest BCUT2D eigenvalue weighted by Crippen LogP contribution is -2.50. The molecule has 1 aliphatic rings. The fourth-order valence-corrected chi connectivity index (χ4v) is 2.77. The lowest BCUT2D eigenvalue weighted by atomic mass is 10.1. The first kappa shape index (κ1) is 13.4. The van der Waals surface area contributed by atoms with Crippen LogP contribution < -0.4 is 10.1 Å². The van der Waals surface area contributed by atoms with Gasteiger partial charge in [-0.05, 0) is 29.8 Å². The van der Waals surface area contributed by atoms with E-state index >= 15 is 0 Å². The standard InChI is InChI=1S/C17H22N2O/c1-14-13-19(9-8-18-14)10-11-20-17-7-6-15-4-2-3-5-16(15)12-17/h2-7,12,14,18H,8-11,13H2,1H3. The fraction of sp³-hybridized carbons (Fsp3) is 0.412. The number of piperazine rings is 1. The monoisotopic (exact) mass is 270 g/mol. The highest BCUT2D eigenvalue weighted by Crippen LogP contribution is 2.20. The SMILES string of the molecule is CC1CN(CCOc2ccc3ccccc3c2)CCN1. The lowest BCUT2D eigenvalue weighted by Gasteiger charge is -2.31. The maximum Gasteiger partial charge on any atom is 0.120 e. The van der Waals surface area contributed by atoms with E-state index in [1.807, 2.05) is 0 Å². The second kappa shape index (κ2) is 6.25. The topological polar surface area (TPSA) is 24.5 Å². The van der Waals surface area contributed by atoms with Gasteiger partial charge in [0, 0.05) is 32.2 Å². The summed E-state index contributed by atoms with van der Waals surface area (Å²) in [5, 5.41) is 5.95. The van der Waals surface area contributed by atoms with E-state index in [1.54, 1.807) is 0 Å². The van der Waals surface area contributed by atoms with Crippen molar-refractivity contribution in [3.8, 4) is 5.75 Å². The number of hydrogen-bond acceptors (Lipinski definition) is 3. The quantitative estimate of drug-likeness (QED) is 0.924. The zero-order valence-corrected chi connectivity index (χ0v) is 12.0. The van der Waals surface area contributed by atoms with Gasteiger partial charge in [0.15, 0.2) is 0 Å². The van der Waals surface area contributed by atoms with Crippen LogP contribution in [0.4, 0.5) is 0 Å². The highest BCUT2D eigenvalue weighted by Gasteiger charge is 2.14. The third-order valence-electron chi connectivity index (χ3n) is 3.85. The second-order valence-electron chi connectivity index (χ2n) is 5.51. The Balaban J connectivity index is 1.54. The summed E-state index contributed by atoms with van der Waals surface area (Å²) >= 11 is 0. The Kier molecular flexibility index (Phi) is 4.19. The van der Waals surface area contributed by atoms with Gasteiger partial charge in [-0.25, -0.2) is 0 Å². The molecule has 106 valence electrons. The van der Waals surface area contributed by atoms with Gasteiger partial charge < -0.3 is 10.1 Å². The third kappa shape index (κ3) is 3.30. The molecular formula is C17H22N2O. The van der Waals surface area contributed by atoms with E-state index in [4.69, 9.17) is 4.74 Å². The zero-order chi connectivity index (χ0) is 13.8. The molecule has 0 aromatic heterocycles. The Labute approximate surface area is 120 Å². The number of rotatable bonds is 4. The van der Waals surface area contributed by atoms with E-state index in [9.17, 15) is 0 Å². The van der Waals surface area contributed by atoms with Crippen molar-refractivity contribution in [2.45, 2.75) is 13.0 Å². The molecule has 1 atom stereocenters. The first-order valence-electron chi connectivity index (χ1n) is 7.38. The van der Waals surface area contributed by atoms with Gasteiger partial charge in [0.1, 0.15) is 12.4 Å². The van der Waals surface area contributed by atoms with Crippen LogP contribution >= 0.6 is 0 Å². The summed E-state index contributed by atoms with van der Waals surface area (Å²) in [5.41, 5.74) is 0. The Morgan fingerprint density at radius 3 is 2.90 bits per heavy atom. The van der Waals surface area contributed by atoms with Gasteiger partial charge in [-0.1, -0.05) is 30.3 Å². The predicted molar refractivity (Wildman–Crippen MR) is 83.3 cm³/mol. The van der Waals surface area contributed by atoms with E-state index in [-0.39, 0.29) is 0 Å². The van der Waals surface area contributed by atoms with Crippen molar-refractivity contribution >= 4 is 10.8 Å². The van der Waals surface area contributed by atoms with Gasteiger partial charge in [-0.2, -0.15) is 0 Å². The van der Waals surface area contributed by atoms with E-state index < -0.39 is 0 Å². The molecule has 1 heterocycles. The summed E-state index contributed by atoms with van der Waals surface area (Å²) in [6.45, 7) is 7.30. The van der Waals surface area contributed by atoms with Crippen molar-refractivity contribution in [3.05, 3.63) is 42.5 Å². The Bertz CT molecular complexity index is 570. The molecule has 0 aliphatic carbocycles. The van der Waals surface area contributed by atoms with Crippen LogP contribution in [0.5, 0.6) is 5.75 Å². The molecule has 1 aliphatic heterocycles. The molecular weight excluding hydrogens is 248 g/mol. The van der Waals surface area contributed by atoms with Crippen LogP contribution in [0.25, 0.3) is 10.8 Å². The van der Waals surface area contributed by atoms with Crippen molar-refractivity contribution in [3.63, 3.8) is 0 Å². The number of nitrogens with zero attached hydrogens (tertiary/aromatic N) is 1. The molecule has 1 fully saturated rings. The first-order valence-corrected chi connectivity index (χ1v) is 7.38. The van der Waals surface area contributed by atoms with Crippen molar-refractivity contribution in [2.75, 3.05) is 32.8 Å². The van der Waals surface area contributed by atoms with Crippen LogP contribution in [0, 0.1) is 0 Å². The van der Waals surface area contributed by atoms with Gasteiger partial charge in [0.05, 0.1) is 0 Å². The highest BCUT2D eigenvalue weighted by molar-refractivity contribution is 5.83. The molecule has 2 aromatic carbocycles. The predicted octanol–water partition coefficient (Wildman–Crippen LogP) is 2.51.